The van der Waals surface area contributed by atoms with Gasteiger partial charge < -0.3 is 10.6 Å². The van der Waals surface area contributed by atoms with Crippen LogP contribution < -0.4 is 10.6 Å². The van der Waals surface area contributed by atoms with Gasteiger partial charge in [0.1, 0.15) is 5.01 Å². The number of likely N-dealkylation sites (N-methyl/N-ethyl adjacent to an activating group) is 2. The molecular formula is C20H22N4O2S. The molecule has 3 rings (SSSR count). The quantitative estimate of drug-likeness (QED) is 0.687. The minimum Gasteiger partial charge on any atom is -0.358 e. The Kier molecular flexibility index (Phi) is 5.83. The highest BCUT2D eigenvalue weighted by molar-refractivity contribution is 7.21. The minimum absolute atomic E-state index is 0.124. The van der Waals surface area contributed by atoms with Gasteiger partial charge in [0.15, 0.2) is 0 Å². The second-order valence-electron chi connectivity index (χ2n) is 6.46. The molecule has 0 aliphatic carbocycles. The van der Waals surface area contributed by atoms with Crippen molar-refractivity contribution >= 4 is 39.1 Å². The van der Waals surface area contributed by atoms with E-state index in [1.54, 1.807) is 30.3 Å². The molecule has 140 valence electrons. The second-order valence-corrected chi connectivity index (χ2v) is 7.49. The van der Waals surface area contributed by atoms with E-state index >= 15 is 0 Å². The smallest absolute Gasteiger partial charge is 0.238 e. The van der Waals surface area contributed by atoms with Crippen molar-refractivity contribution in [1.29, 1.82) is 0 Å². The lowest BCUT2D eigenvalue weighted by Gasteiger charge is -2.15. The molecule has 0 unspecified atom stereocenters. The van der Waals surface area contributed by atoms with Gasteiger partial charge >= 0.3 is 0 Å². The predicted molar refractivity (Wildman–Crippen MR) is 110 cm³/mol. The van der Waals surface area contributed by atoms with Gasteiger partial charge in [0, 0.05) is 18.3 Å². The molecule has 3 aromatic rings. The lowest BCUT2D eigenvalue weighted by atomic mass is 10.2. The van der Waals surface area contributed by atoms with Crippen LogP contribution in [-0.2, 0) is 9.59 Å². The fourth-order valence-corrected chi connectivity index (χ4v) is 3.75. The van der Waals surface area contributed by atoms with Crippen LogP contribution in [0.1, 0.15) is 5.56 Å². The molecule has 7 heteroatoms. The third kappa shape index (κ3) is 4.90. The van der Waals surface area contributed by atoms with Crippen molar-refractivity contribution in [3.8, 4) is 10.6 Å². The highest BCUT2D eigenvalue weighted by Crippen LogP contribution is 2.31. The maximum Gasteiger partial charge on any atom is 0.238 e. The highest BCUT2D eigenvalue weighted by atomic mass is 32.1. The summed E-state index contributed by atoms with van der Waals surface area (Å²) in [4.78, 5) is 29.8. The van der Waals surface area contributed by atoms with Crippen molar-refractivity contribution in [2.45, 2.75) is 6.92 Å². The van der Waals surface area contributed by atoms with Crippen LogP contribution in [0.5, 0.6) is 0 Å². The average molecular weight is 382 g/mol. The monoisotopic (exact) mass is 382 g/mol. The Morgan fingerprint density at radius 1 is 1.07 bits per heavy atom. The number of fused-ring (bicyclic) bond motifs is 1. The maximum atomic E-state index is 12.1. The Morgan fingerprint density at radius 3 is 2.48 bits per heavy atom. The van der Waals surface area contributed by atoms with Crippen LogP contribution in [0.15, 0.2) is 42.5 Å². The first kappa shape index (κ1) is 19.0. The van der Waals surface area contributed by atoms with Crippen LogP contribution in [0.25, 0.3) is 20.8 Å². The summed E-state index contributed by atoms with van der Waals surface area (Å²) in [7, 11) is 3.30. The van der Waals surface area contributed by atoms with E-state index in [4.69, 9.17) is 0 Å². The summed E-state index contributed by atoms with van der Waals surface area (Å²) in [5.41, 5.74) is 3.95. The maximum absolute atomic E-state index is 12.1. The van der Waals surface area contributed by atoms with E-state index in [1.165, 1.54) is 10.3 Å². The van der Waals surface area contributed by atoms with Gasteiger partial charge in [-0.1, -0.05) is 6.07 Å². The molecule has 1 aromatic heterocycles. The summed E-state index contributed by atoms with van der Waals surface area (Å²) in [6.45, 7) is 2.40. The molecule has 0 atom stereocenters. The van der Waals surface area contributed by atoms with Crippen molar-refractivity contribution in [3.05, 3.63) is 48.0 Å². The van der Waals surface area contributed by atoms with Gasteiger partial charge in [-0.3, -0.25) is 14.5 Å². The van der Waals surface area contributed by atoms with Gasteiger partial charge in [-0.25, -0.2) is 4.98 Å². The second kappa shape index (κ2) is 8.28. The molecule has 0 saturated heterocycles. The summed E-state index contributed by atoms with van der Waals surface area (Å²) in [6, 6.07) is 13.9. The molecule has 0 radical (unpaired) electrons. The number of carbonyl (C=O) groups excluding carboxylic acids is 2. The topological polar surface area (TPSA) is 74.3 Å². The van der Waals surface area contributed by atoms with Crippen LogP contribution >= 0.6 is 11.3 Å². The number of hydrogen-bond donors (Lipinski definition) is 2. The minimum atomic E-state index is -0.162. The standard InChI is InChI=1S/C20H22N4O2S/c1-13-4-9-16-17(10-13)27-20(23-16)14-5-7-15(8-6-14)22-19(26)12-24(3)11-18(25)21-2/h4-10H,11-12H2,1-3H3,(H,21,25)(H,22,26). The van der Waals surface area contributed by atoms with Gasteiger partial charge in [-0.2, -0.15) is 0 Å². The molecule has 2 amide bonds. The van der Waals surface area contributed by atoms with Crippen molar-refractivity contribution in [2.24, 2.45) is 0 Å². The molecule has 6 nitrogen and oxygen atoms in total. The van der Waals surface area contributed by atoms with E-state index in [2.05, 4.69) is 34.7 Å². The van der Waals surface area contributed by atoms with Crippen LogP contribution in [0.4, 0.5) is 5.69 Å². The molecule has 0 fully saturated rings. The van der Waals surface area contributed by atoms with Crippen LogP contribution in [-0.4, -0.2) is 48.9 Å². The lowest BCUT2D eigenvalue weighted by Crippen LogP contribution is -2.37. The summed E-state index contributed by atoms with van der Waals surface area (Å²) < 4.78 is 1.17. The van der Waals surface area contributed by atoms with Crippen LogP contribution in [0, 0.1) is 6.92 Å². The molecule has 2 aromatic carbocycles. The Morgan fingerprint density at radius 2 is 1.78 bits per heavy atom. The normalized spacial score (nSPS) is 11.0. The first-order valence-corrected chi connectivity index (χ1v) is 9.43. The zero-order valence-electron chi connectivity index (χ0n) is 15.6. The zero-order chi connectivity index (χ0) is 19.4. The zero-order valence-corrected chi connectivity index (χ0v) is 16.4. The molecular weight excluding hydrogens is 360 g/mol. The van der Waals surface area contributed by atoms with Gasteiger partial charge in [0.05, 0.1) is 23.3 Å². The lowest BCUT2D eigenvalue weighted by molar-refractivity contribution is -0.122. The first-order chi connectivity index (χ1) is 12.9. The average Bonchev–Trinajstić information content (AvgIpc) is 3.05. The summed E-state index contributed by atoms with van der Waals surface area (Å²) in [6.07, 6.45) is 0. The fraction of sp³-hybridized carbons (Fsp3) is 0.250. The molecule has 0 spiro atoms. The number of carbonyl (C=O) groups is 2. The number of aromatic nitrogens is 1. The van der Waals surface area contributed by atoms with E-state index < -0.39 is 0 Å². The summed E-state index contributed by atoms with van der Waals surface area (Å²) in [5.74, 6) is -0.287. The Hall–Kier alpha value is -2.77. The molecule has 1 heterocycles. The highest BCUT2D eigenvalue weighted by Gasteiger charge is 2.11. The fourth-order valence-electron chi connectivity index (χ4n) is 2.68. The number of hydrogen-bond acceptors (Lipinski definition) is 5. The van der Waals surface area contributed by atoms with E-state index in [9.17, 15) is 9.59 Å². The Balaban J connectivity index is 1.64. The van der Waals surface area contributed by atoms with Gasteiger partial charge in [-0.05, 0) is 55.9 Å². The van der Waals surface area contributed by atoms with E-state index in [0.29, 0.717) is 5.69 Å². The largest absolute Gasteiger partial charge is 0.358 e. The van der Waals surface area contributed by atoms with Crippen molar-refractivity contribution in [1.82, 2.24) is 15.2 Å². The van der Waals surface area contributed by atoms with Crippen LogP contribution in [0.2, 0.25) is 0 Å². The number of anilines is 1. The molecule has 2 N–H and O–H groups in total. The van der Waals surface area contributed by atoms with Crippen molar-refractivity contribution < 1.29 is 9.59 Å². The third-order valence-electron chi connectivity index (χ3n) is 4.07. The van der Waals surface area contributed by atoms with Crippen molar-refractivity contribution in [3.63, 3.8) is 0 Å². The van der Waals surface area contributed by atoms with Gasteiger partial charge in [0.25, 0.3) is 0 Å². The predicted octanol–water partition coefficient (Wildman–Crippen LogP) is 2.89. The van der Waals surface area contributed by atoms with Gasteiger partial charge in [0.2, 0.25) is 11.8 Å². The number of nitrogens with zero attached hydrogens (tertiary/aromatic N) is 2. The third-order valence-corrected chi connectivity index (χ3v) is 5.13. The van der Waals surface area contributed by atoms with E-state index in [-0.39, 0.29) is 24.9 Å². The molecule has 0 aliphatic heterocycles. The number of rotatable bonds is 6. The SMILES string of the molecule is CNC(=O)CN(C)CC(=O)Nc1ccc(-c2nc3ccc(C)cc3s2)cc1. The van der Waals surface area contributed by atoms with Crippen LogP contribution in [0.3, 0.4) is 0 Å². The molecule has 0 bridgehead atoms. The van der Waals surface area contributed by atoms with E-state index in [1.807, 2.05) is 30.3 Å². The number of benzene rings is 2. The first-order valence-electron chi connectivity index (χ1n) is 8.61. The number of thiazole rings is 1. The van der Waals surface area contributed by atoms with E-state index in [0.717, 1.165) is 16.1 Å². The molecule has 0 aliphatic rings. The molecule has 0 saturated carbocycles. The Labute approximate surface area is 162 Å². The van der Waals surface area contributed by atoms with Crippen molar-refractivity contribution in [2.75, 3.05) is 32.5 Å². The number of nitrogens with one attached hydrogen (secondary N) is 2. The number of aryl methyl sites for hydroxylation is 1. The molecule has 27 heavy (non-hydrogen) atoms. The number of amides is 2. The summed E-state index contributed by atoms with van der Waals surface area (Å²) in [5, 5.41) is 6.34. The van der Waals surface area contributed by atoms with Gasteiger partial charge in [-0.15, -0.1) is 11.3 Å². The Bertz CT molecular complexity index is 966. The summed E-state index contributed by atoms with van der Waals surface area (Å²) >= 11 is 1.66.